The molecule has 8 aliphatic heterocycles. The monoisotopic (exact) mass is 1970 g/mol. The SMILES string of the molecule is CCCCC(C(=O)N1CC[N+]2(CC1)CC[N+]1(CCNCC1)CC2)C1(C)/C(=C/C=C/C=C/C=C/C2=[N+](CCCS(=O)(=O)O)c3cc(I)c(I)c(I)c3C2(C)CCCCCC(=O)N2CC[N+]3(CC2)CC[N+]2(CCNCC2)CC3)N(CS(=O)(=O)[O-])c2cc(I)c(I)c(I)c21. The first-order valence-electron chi connectivity index (χ1n) is 33.0. The van der Waals surface area contributed by atoms with Crippen LogP contribution in [0.1, 0.15) is 89.7 Å². The summed E-state index contributed by atoms with van der Waals surface area (Å²) in [6.07, 6.45) is 20.1. The zero-order valence-corrected chi connectivity index (χ0v) is 67.8. The predicted molar refractivity (Wildman–Crippen MR) is 411 cm³/mol. The number of nitrogens with one attached hydrogen (secondary N) is 2. The molecule has 2 amide bonds. The number of hydrogen-bond acceptors (Lipinski definition) is 10. The number of allylic oxidation sites excluding steroid dienone is 8. The zero-order valence-electron chi connectivity index (χ0n) is 53.2. The molecule has 91 heavy (non-hydrogen) atoms. The van der Waals surface area contributed by atoms with Crippen LogP contribution < -0.4 is 15.5 Å². The highest BCUT2D eigenvalue weighted by Gasteiger charge is 2.56. The third kappa shape index (κ3) is 16.5. The van der Waals surface area contributed by atoms with Crippen molar-refractivity contribution in [3.63, 3.8) is 0 Å². The maximum Gasteiger partial charge on any atom is 0.265 e. The van der Waals surface area contributed by atoms with Crippen LogP contribution in [-0.4, -0.2) is 251 Å². The van der Waals surface area contributed by atoms with Gasteiger partial charge >= 0.3 is 0 Å². The van der Waals surface area contributed by atoms with Crippen molar-refractivity contribution in [3.05, 3.63) is 92.9 Å². The second-order valence-electron chi connectivity index (χ2n) is 27.7. The summed E-state index contributed by atoms with van der Waals surface area (Å²) in [5.41, 5.74) is 3.92. The maximum atomic E-state index is 15.6. The molecule has 2 aromatic rings. The number of carbonyl (C=O) groups excluding carboxylic acids is 2. The number of rotatable bonds is 21. The average Bonchev–Trinajstić information content (AvgIpc) is 1.57. The lowest BCUT2D eigenvalue weighted by Crippen LogP contribution is -2.73. The van der Waals surface area contributed by atoms with Crippen LogP contribution in [0.2, 0.25) is 0 Å². The molecule has 8 heterocycles. The highest BCUT2D eigenvalue weighted by Crippen LogP contribution is 2.57. The van der Waals surface area contributed by atoms with Crippen LogP contribution in [0.5, 0.6) is 0 Å². The Hall–Kier alpha value is -0.230. The Morgan fingerprint density at radius 3 is 1.69 bits per heavy atom. The van der Waals surface area contributed by atoms with E-state index in [0.29, 0.717) is 43.9 Å². The zero-order chi connectivity index (χ0) is 65.2. The van der Waals surface area contributed by atoms with E-state index in [0.717, 1.165) is 164 Å². The molecule has 2 aromatic carbocycles. The number of fused-ring (bicyclic) bond motifs is 2. The normalized spacial score (nSPS) is 25.6. The van der Waals surface area contributed by atoms with E-state index in [9.17, 15) is 30.7 Å². The summed E-state index contributed by atoms with van der Waals surface area (Å²) < 4.78 is 86.5. The van der Waals surface area contributed by atoms with Crippen molar-refractivity contribution in [1.29, 1.82) is 0 Å². The second kappa shape index (κ2) is 30.7. The second-order valence-corrected chi connectivity index (χ2v) is 37.3. The number of carbonyl (C=O) groups is 2. The minimum Gasteiger partial charge on any atom is -0.747 e. The van der Waals surface area contributed by atoms with Gasteiger partial charge in [-0.3, -0.25) is 14.1 Å². The number of unbranched alkanes of at least 4 members (excludes halogenated alkanes) is 3. The Morgan fingerprint density at radius 1 is 0.648 bits per heavy atom. The molecule has 502 valence electrons. The number of anilines is 1. The van der Waals surface area contributed by atoms with E-state index in [4.69, 9.17) is 0 Å². The van der Waals surface area contributed by atoms with E-state index in [1.54, 1.807) is 4.90 Å². The van der Waals surface area contributed by atoms with Gasteiger partial charge in [-0.05, 0) is 181 Å². The molecule has 6 fully saturated rings. The summed E-state index contributed by atoms with van der Waals surface area (Å²) in [6, 6.07) is 4.17. The van der Waals surface area contributed by atoms with E-state index < -0.39 is 42.9 Å². The molecule has 0 aliphatic carbocycles. The van der Waals surface area contributed by atoms with Crippen molar-refractivity contribution < 1.29 is 58.0 Å². The number of halogens is 6. The van der Waals surface area contributed by atoms with Crippen LogP contribution >= 0.6 is 136 Å². The Kier molecular flexibility index (Phi) is 24.8. The van der Waals surface area contributed by atoms with Crippen LogP contribution in [0.4, 0.5) is 11.4 Å². The maximum absolute atomic E-state index is 15.6. The number of quaternary nitrogens is 4. The van der Waals surface area contributed by atoms with E-state index in [1.807, 2.05) is 42.5 Å². The third-order valence-corrected chi connectivity index (χ3v) is 33.9. The van der Waals surface area contributed by atoms with Gasteiger partial charge in [0.15, 0.2) is 5.71 Å². The first-order valence-corrected chi connectivity index (χ1v) is 42.6. The summed E-state index contributed by atoms with van der Waals surface area (Å²) in [7, 11) is -9.00. The summed E-state index contributed by atoms with van der Waals surface area (Å²) in [4.78, 5) is 35.2. The molecular weight excluding hydrogens is 1870 g/mol. The highest BCUT2D eigenvalue weighted by atomic mass is 127. The molecule has 0 bridgehead atoms. The molecule has 18 nitrogen and oxygen atoms in total. The molecule has 0 radical (unpaired) electrons. The molecule has 3 N–H and O–H groups in total. The molecule has 26 heteroatoms. The summed E-state index contributed by atoms with van der Waals surface area (Å²) in [5, 5.41) is 7.08. The van der Waals surface area contributed by atoms with Crippen LogP contribution in [0.25, 0.3) is 0 Å². The van der Waals surface area contributed by atoms with Crippen LogP contribution in [-0.2, 0) is 40.7 Å². The third-order valence-electron chi connectivity index (χ3n) is 22.3. The van der Waals surface area contributed by atoms with Gasteiger partial charge in [-0.25, -0.2) is 8.42 Å². The number of amides is 2. The molecule has 0 saturated carbocycles. The van der Waals surface area contributed by atoms with E-state index in [1.165, 1.54) is 80.0 Å². The minimum atomic E-state index is -4.80. The van der Waals surface area contributed by atoms with E-state index in [2.05, 4.69) is 193 Å². The van der Waals surface area contributed by atoms with Crippen molar-refractivity contribution >= 4 is 185 Å². The van der Waals surface area contributed by atoms with Gasteiger partial charge in [0.2, 0.25) is 17.5 Å². The molecule has 8 aliphatic rings. The van der Waals surface area contributed by atoms with Gasteiger partial charge in [-0.2, -0.15) is 13.0 Å². The van der Waals surface area contributed by atoms with Gasteiger partial charge in [0.25, 0.3) is 10.1 Å². The van der Waals surface area contributed by atoms with Gasteiger partial charge < -0.3 is 47.8 Å². The predicted octanol–water partition coefficient (Wildman–Crippen LogP) is 8.72. The first kappa shape index (κ1) is 73.5. The fraction of sp³-hybridized carbons (Fsp3) is 0.646. The van der Waals surface area contributed by atoms with Crippen LogP contribution in [0.15, 0.2) is 60.4 Å². The molecule has 10 rings (SSSR count). The average molecular weight is 1970 g/mol. The van der Waals surface area contributed by atoms with E-state index >= 15 is 4.79 Å². The quantitative estimate of drug-likeness (QED) is 0.0207. The van der Waals surface area contributed by atoms with Gasteiger partial charge in [-0.1, -0.05) is 63.0 Å². The Bertz CT molecular complexity index is 3430. The molecule has 4 spiro atoms. The van der Waals surface area contributed by atoms with Crippen LogP contribution in [0.3, 0.4) is 0 Å². The van der Waals surface area contributed by atoms with Gasteiger partial charge in [0.05, 0.1) is 101 Å². The van der Waals surface area contributed by atoms with Crippen molar-refractivity contribution in [2.45, 2.75) is 89.4 Å². The lowest BCUT2D eigenvalue weighted by atomic mass is 9.68. The van der Waals surface area contributed by atoms with Crippen molar-refractivity contribution in [2.75, 3.05) is 180 Å². The molecule has 3 atom stereocenters. The lowest BCUT2D eigenvalue weighted by Gasteiger charge is -2.53. The molecule has 6 saturated heterocycles. The first-order chi connectivity index (χ1) is 43.2. The molecule has 3 unspecified atom stereocenters. The van der Waals surface area contributed by atoms with Gasteiger partial charge in [-0.15, -0.1) is 0 Å². The summed E-state index contributed by atoms with van der Waals surface area (Å²) >= 11 is 14.3. The minimum absolute atomic E-state index is 0.0856. The van der Waals surface area contributed by atoms with Gasteiger partial charge in [0, 0.05) is 94.9 Å². The van der Waals surface area contributed by atoms with Crippen molar-refractivity contribution in [3.8, 4) is 0 Å². The Labute approximate surface area is 624 Å². The summed E-state index contributed by atoms with van der Waals surface area (Å²) in [5.74, 6) is -1.32. The van der Waals surface area contributed by atoms with Gasteiger partial charge in [0.1, 0.15) is 74.9 Å². The smallest absolute Gasteiger partial charge is 0.265 e. The van der Waals surface area contributed by atoms with E-state index in [-0.39, 0.29) is 24.0 Å². The lowest BCUT2D eigenvalue weighted by molar-refractivity contribution is -1.03. The highest BCUT2D eigenvalue weighted by molar-refractivity contribution is 14.1. The van der Waals surface area contributed by atoms with Crippen LogP contribution in [0, 0.1) is 27.3 Å². The topological polar surface area (TPSA) is 182 Å². The standard InChI is InChI=1S/C65H93I6N10O8S2/c1-4-5-15-49(63(83)75-27-35-81(36-28-75)43-39-79(40-44-81)31-22-73-23-32-79)65(3)55(77(48-91(87,88)89)53-47-51(67)60(69)62(71)58(53)65)17-11-8-6-7-10-16-54-64(2,57-52(46-50(66)59(68)61(57)70)76(54)24-14-45-90(84,85)86)19-13-9-12-18-56(82)74-25-33-80(34-26-74)41-37-78(38-42-80)29-20-72-21-30-78/h6-8,10-11,16-17,46-47,49,72-73H,4-5,9,12-15,18-45,48H2,1-3H3/q+3/p+1. The summed E-state index contributed by atoms with van der Waals surface area (Å²) in [6.45, 7) is 32.7. The largest absolute Gasteiger partial charge is 0.747 e. The molecule has 0 aromatic heterocycles. The number of benzene rings is 2. The van der Waals surface area contributed by atoms with Crippen molar-refractivity contribution in [1.82, 2.24) is 20.4 Å². The number of hydrogen-bond donors (Lipinski definition) is 3. The fourth-order valence-corrected chi connectivity index (χ4v) is 23.0. The molecular formula is C65H94I6N10O8S2+4. The Morgan fingerprint density at radius 2 is 1.15 bits per heavy atom. The Balaban J connectivity index is 0.881. The number of piperazine rings is 6. The number of nitrogens with zero attached hydrogens (tertiary/aromatic N) is 8. The van der Waals surface area contributed by atoms with Crippen molar-refractivity contribution in [2.24, 2.45) is 5.92 Å². The fourth-order valence-electron chi connectivity index (χ4n) is 16.6.